The Morgan fingerprint density at radius 1 is 1.14 bits per heavy atom. The average Bonchev–Trinajstić information content (AvgIpc) is 3.06. The third-order valence-corrected chi connectivity index (χ3v) is 16.1. The van der Waals surface area contributed by atoms with Gasteiger partial charge in [0.05, 0.1) is 0 Å². The summed E-state index contributed by atoms with van der Waals surface area (Å²) in [5.41, 5.74) is 3.45. The van der Waals surface area contributed by atoms with Crippen molar-refractivity contribution in [3.05, 3.63) is 43.2 Å². The predicted octanol–water partition coefficient (Wildman–Crippen LogP) is -0.252. The zero-order chi connectivity index (χ0) is 14.7. The molecule has 0 bridgehead atoms. The van der Waals surface area contributed by atoms with Crippen LogP contribution in [0.2, 0.25) is 13.1 Å². The van der Waals surface area contributed by atoms with Crippen molar-refractivity contribution in [2.75, 3.05) is 0 Å². The van der Waals surface area contributed by atoms with Crippen LogP contribution in [0, 0.1) is 5.92 Å². The maximum atomic E-state index is 2.62. The summed E-state index contributed by atoms with van der Waals surface area (Å²) >= 11 is -1.21. The van der Waals surface area contributed by atoms with Gasteiger partial charge in [0.2, 0.25) is 0 Å². The summed E-state index contributed by atoms with van der Waals surface area (Å²) in [6.07, 6.45) is 14.6. The van der Waals surface area contributed by atoms with Gasteiger partial charge >= 0.3 is 131 Å². The van der Waals surface area contributed by atoms with E-state index in [9.17, 15) is 0 Å². The van der Waals surface area contributed by atoms with Crippen molar-refractivity contribution in [3.8, 4) is 0 Å². The molecule has 0 amide bonds. The summed E-state index contributed by atoms with van der Waals surface area (Å²) in [7, 11) is 0. The Morgan fingerprint density at radius 3 is 2.23 bits per heavy atom. The molecule has 0 nitrogen and oxygen atoms in total. The van der Waals surface area contributed by atoms with Crippen LogP contribution in [-0.4, -0.2) is 6.19 Å². The van der Waals surface area contributed by atoms with E-state index in [1.807, 2.05) is 7.76 Å². The normalized spacial score (nSPS) is 19.0. The van der Waals surface area contributed by atoms with E-state index in [0.29, 0.717) is 0 Å². The Hall–Kier alpha value is 0.471. The van der Waals surface area contributed by atoms with E-state index in [-0.39, 0.29) is 31.0 Å². The molecule has 22 heavy (non-hydrogen) atoms. The van der Waals surface area contributed by atoms with E-state index in [1.54, 1.807) is 11.1 Å². The van der Waals surface area contributed by atoms with Crippen molar-refractivity contribution in [3.63, 3.8) is 0 Å². The summed E-state index contributed by atoms with van der Waals surface area (Å²) in [5.74, 6) is 0.774. The number of hydrogen-bond acceptors (Lipinski definition) is 0. The summed E-state index contributed by atoms with van der Waals surface area (Å²) in [5, 5.41) is 0. The first-order chi connectivity index (χ1) is 9.63. The maximum Gasteiger partial charge on any atom is -1.00 e. The standard InChI is InChI=1S/C11H17.C5H5.C2H6Si.2ClH.Ti/c1-4-9-7-10(5-2)11(6-3)8-9;1-2-4-5-3-1;1-3-2;;;/h7,9H,4-6H2,1-3H3;1-3H,4H2;1-2H3;2*1H;/q;;;;;+2/p-2. The van der Waals surface area contributed by atoms with Crippen molar-refractivity contribution in [1.82, 2.24) is 0 Å². The molecule has 122 valence electrons. The quantitative estimate of drug-likeness (QED) is 0.567. The minimum Gasteiger partial charge on any atom is -1.00 e. The second kappa shape index (κ2) is 10.4. The van der Waals surface area contributed by atoms with E-state index in [1.165, 1.54) is 25.7 Å². The summed E-state index contributed by atoms with van der Waals surface area (Å²) in [4.78, 5) is 0. The second-order valence-corrected chi connectivity index (χ2v) is 17.8. The van der Waals surface area contributed by atoms with Crippen molar-refractivity contribution in [1.29, 1.82) is 0 Å². The number of allylic oxidation sites excluding steroid dienone is 8. The molecular formula is C18H28Cl2SiTi. The Bertz CT molecular complexity index is 549. The van der Waals surface area contributed by atoms with Crippen LogP contribution in [-0.2, 0) is 16.6 Å². The molecule has 0 spiro atoms. The molecule has 0 radical (unpaired) electrons. The van der Waals surface area contributed by atoms with Crippen molar-refractivity contribution in [2.45, 2.75) is 59.5 Å². The van der Waals surface area contributed by atoms with Crippen LogP contribution in [0.3, 0.4) is 0 Å². The second-order valence-electron chi connectivity index (χ2n) is 6.01. The van der Waals surface area contributed by atoms with Crippen LogP contribution >= 0.6 is 0 Å². The van der Waals surface area contributed by atoms with Crippen LogP contribution in [0.4, 0.5) is 0 Å². The van der Waals surface area contributed by atoms with Crippen molar-refractivity contribution in [2.24, 2.45) is 5.92 Å². The molecule has 0 fully saturated rings. The van der Waals surface area contributed by atoms with E-state index in [4.69, 9.17) is 0 Å². The topological polar surface area (TPSA) is 0 Å². The smallest absolute Gasteiger partial charge is 1.00 e. The van der Waals surface area contributed by atoms with Crippen LogP contribution < -0.4 is 24.8 Å². The van der Waals surface area contributed by atoms with Crippen molar-refractivity contribution >= 4 is 6.19 Å². The van der Waals surface area contributed by atoms with Crippen LogP contribution in [0.1, 0.15) is 46.5 Å². The number of halogens is 2. The first-order valence-corrected chi connectivity index (χ1v) is 14.5. The molecule has 1 unspecified atom stereocenters. The minimum absolute atomic E-state index is 0. The zero-order valence-electron chi connectivity index (χ0n) is 14.5. The fraction of sp³-hybridized carbons (Fsp3) is 0.556. The van der Waals surface area contributed by atoms with Gasteiger partial charge in [-0.3, -0.25) is 0 Å². The fourth-order valence-electron chi connectivity index (χ4n) is 3.63. The van der Waals surface area contributed by atoms with Gasteiger partial charge in [0, 0.05) is 0 Å². The molecule has 0 aromatic carbocycles. The van der Waals surface area contributed by atoms with E-state index >= 15 is 0 Å². The van der Waals surface area contributed by atoms with Gasteiger partial charge < -0.3 is 24.8 Å². The van der Waals surface area contributed by atoms with Crippen LogP contribution in [0.25, 0.3) is 0 Å². The maximum absolute atomic E-state index is 2.62. The fourth-order valence-corrected chi connectivity index (χ4v) is 16.0. The monoisotopic (exact) mass is 390 g/mol. The van der Waals surface area contributed by atoms with Gasteiger partial charge in [-0.05, 0) is 0 Å². The van der Waals surface area contributed by atoms with E-state index < -0.39 is 16.6 Å². The van der Waals surface area contributed by atoms with Crippen LogP contribution in [0.5, 0.6) is 0 Å². The molecule has 0 heterocycles. The Morgan fingerprint density at radius 2 is 1.82 bits per heavy atom. The molecule has 2 rings (SSSR count). The summed E-state index contributed by atoms with van der Waals surface area (Å²) in [6.45, 7) is 12.2. The molecule has 1 atom stereocenters. The Kier molecular flexibility index (Phi) is 10.6. The van der Waals surface area contributed by atoms with Gasteiger partial charge in [0.25, 0.3) is 0 Å². The average molecular weight is 391 g/mol. The van der Waals surface area contributed by atoms with Gasteiger partial charge in [0.15, 0.2) is 0 Å². The third-order valence-electron chi connectivity index (χ3n) is 4.52. The molecule has 4 heteroatoms. The largest absolute Gasteiger partial charge is 1.00 e. The van der Waals surface area contributed by atoms with Gasteiger partial charge in [-0.1, -0.05) is 0 Å². The Balaban J connectivity index is 0.00000220. The third kappa shape index (κ3) is 4.51. The van der Waals surface area contributed by atoms with Gasteiger partial charge in [-0.2, -0.15) is 0 Å². The van der Waals surface area contributed by atoms with E-state index in [2.05, 4.69) is 58.2 Å². The SMILES string of the molecule is CCC1=CC(CC)[C]([Ti+2]([C]2=CC=CC2)=[Si](C)C)=C1CC.[Cl-].[Cl-]. The predicted molar refractivity (Wildman–Crippen MR) is 88.8 cm³/mol. The summed E-state index contributed by atoms with van der Waals surface area (Å²) < 4.78 is 3.80. The molecule has 0 saturated heterocycles. The first-order valence-electron chi connectivity index (χ1n) is 8.11. The molecule has 0 N–H and O–H groups in total. The Labute approximate surface area is 155 Å². The molecule has 0 aliphatic heterocycles. The molecular weight excluding hydrogens is 363 g/mol. The van der Waals surface area contributed by atoms with Gasteiger partial charge in [0.1, 0.15) is 0 Å². The zero-order valence-corrected chi connectivity index (χ0v) is 18.5. The molecule has 0 saturated carbocycles. The van der Waals surface area contributed by atoms with Crippen LogP contribution in [0.15, 0.2) is 43.2 Å². The first kappa shape index (κ1) is 22.5. The minimum atomic E-state index is -1.21. The number of hydrogen-bond donors (Lipinski definition) is 0. The van der Waals surface area contributed by atoms with Gasteiger partial charge in [-0.15, -0.1) is 0 Å². The van der Waals surface area contributed by atoms with Crippen molar-refractivity contribution < 1.29 is 41.4 Å². The molecule has 2 aliphatic rings. The molecule has 0 aromatic heterocycles. The number of rotatable bonds is 5. The van der Waals surface area contributed by atoms with E-state index in [0.717, 1.165) is 5.92 Å². The molecule has 0 aromatic rings. The molecule has 2 aliphatic carbocycles. The van der Waals surface area contributed by atoms with Gasteiger partial charge in [-0.25, -0.2) is 0 Å². The summed E-state index contributed by atoms with van der Waals surface area (Å²) in [6, 6.07) is 0.